The van der Waals surface area contributed by atoms with Gasteiger partial charge in [-0.15, -0.1) is 0 Å². The predicted molar refractivity (Wildman–Crippen MR) is 104 cm³/mol. The smallest absolute Gasteiger partial charge is 0.133 e. The Morgan fingerprint density at radius 3 is 2.65 bits per heavy atom. The molecule has 1 aromatic carbocycles. The standard InChI is InChI=1S/C20H22ClN5/c1-25(19-4-7-23-20(24-19)15-2-3-15)17-5-8-26(9-6-17)18-11-14(13-22)10-16(21)12-18/h4,7,10-12,15,17H,2-3,5-6,8-9H2,1H3. The molecule has 0 radical (unpaired) electrons. The zero-order chi connectivity index (χ0) is 18.1. The number of nitrogens with zero attached hydrogens (tertiary/aromatic N) is 5. The Kier molecular flexibility index (Phi) is 4.69. The third-order valence-corrected chi connectivity index (χ3v) is 5.57. The van der Waals surface area contributed by atoms with E-state index in [2.05, 4.69) is 27.9 Å². The molecule has 0 bridgehead atoms. The Hall–Kier alpha value is -2.32. The van der Waals surface area contributed by atoms with Crippen molar-refractivity contribution >= 4 is 23.1 Å². The number of halogens is 1. The van der Waals surface area contributed by atoms with Crippen LogP contribution in [0.15, 0.2) is 30.5 Å². The summed E-state index contributed by atoms with van der Waals surface area (Å²) in [7, 11) is 2.13. The molecule has 5 nitrogen and oxygen atoms in total. The lowest BCUT2D eigenvalue weighted by Gasteiger charge is -2.38. The second-order valence-corrected chi connectivity index (χ2v) is 7.62. The molecule has 2 aliphatic rings. The van der Waals surface area contributed by atoms with Crippen LogP contribution in [0.3, 0.4) is 0 Å². The van der Waals surface area contributed by atoms with Gasteiger partial charge in [0.1, 0.15) is 11.6 Å². The van der Waals surface area contributed by atoms with Crippen LogP contribution in [-0.4, -0.2) is 36.1 Å². The fraction of sp³-hybridized carbons (Fsp3) is 0.450. The maximum absolute atomic E-state index is 9.15. The number of benzene rings is 1. The molecule has 0 spiro atoms. The molecule has 0 amide bonds. The van der Waals surface area contributed by atoms with Crippen molar-refractivity contribution in [3.05, 3.63) is 46.9 Å². The van der Waals surface area contributed by atoms with E-state index < -0.39 is 0 Å². The summed E-state index contributed by atoms with van der Waals surface area (Å²) in [5, 5.41) is 9.76. The molecule has 1 saturated heterocycles. The van der Waals surface area contributed by atoms with Crippen molar-refractivity contribution in [2.75, 3.05) is 29.9 Å². The van der Waals surface area contributed by atoms with Gasteiger partial charge < -0.3 is 9.80 Å². The SMILES string of the molecule is CN(c1ccnc(C2CC2)n1)C1CCN(c2cc(Cl)cc(C#N)c2)CC1. The lowest BCUT2D eigenvalue weighted by molar-refractivity contribution is 0.479. The summed E-state index contributed by atoms with van der Waals surface area (Å²) in [6, 6.07) is 10.2. The molecule has 2 fully saturated rings. The topological polar surface area (TPSA) is 56.1 Å². The second-order valence-electron chi connectivity index (χ2n) is 7.19. The third kappa shape index (κ3) is 3.61. The van der Waals surface area contributed by atoms with Gasteiger partial charge >= 0.3 is 0 Å². The van der Waals surface area contributed by atoms with Crippen LogP contribution >= 0.6 is 11.6 Å². The maximum Gasteiger partial charge on any atom is 0.133 e. The first kappa shape index (κ1) is 17.1. The Morgan fingerprint density at radius 1 is 1.19 bits per heavy atom. The highest BCUT2D eigenvalue weighted by molar-refractivity contribution is 6.31. The number of nitriles is 1. The van der Waals surface area contributed by atoms with Gasteiger partial charge in [-0.25, -0.2) is 9.97 Å². The van der Waals surface area contributed by atoms with E-state index in [1.807, 2.05) is 24.4 Å². The molecule has 134 valence electrons. The zero-order valence-corrected chi connectivity index (χ0v) is 15.7. The van der Waals surface area contributed by atoms with Gasteiger partial charge in [-0.1, -0.05) is 11.6 Å². The van der Waals surface area contributed by atoms with Crippen molar-refractivity contribution in [2.24, 2.45) is 0 Å². The van der Waals surface area contributed by atoms with E-state index in [4.69, 9.17) is 21.8 Å². The van der Waals surface area contributed by atoms with Crippen LogP contribution in [-0.2, 0) is 0 Å². The monoisotopic (exact) mass is 367 g/mol. The van der Waals surface area contributed by atoms with E-state index in [1.54, 1.807) is 6.07 Å². The molecule has 1 aromatic heterocycles. The summed E-state index contributed by atoms with van der Waals surface area (Å²) in [6.45, 7) is 1.89. The summed E-state index contributed by atoms with van der Waals surface area (Å²) in [5.74, 6) is 2.59. The van der Waals surface area contributed by atoms with Crippen molar-refractivity contribution in [2.45, 2.75) is 37.6 Å². The number of aromatic nitrogens is 2. The average molecular weight is 368 g/mol. The van der Waals surface area contributed by atoms with Crippen LogP contribution < -0.4 is 9.80 Å². The van der Waals surface area contributed by atoms with E-state index >= 15 is 0 Å². The number of anilines is 2. The quantitative estimate of drug-likeness (QED) is 0.817. The third-order valence-electron chi connectivity index (χ3n) is 5.35. The molecule has 6 heteroatoms. The molecule has 1 aliphatic heterocycles. The molecule has 1 aliphatic carbocycles. The minimum absolute atomic E-state index is 0.461. The highest BCUT2D eigenvalue weighted by Gasteiger charge is 2.28. The van der Waals surface area contributed by atoms with Crippen molar-refractivity contribution in [3.8, 4) is 6.07 Å². The van der Waals surface area contributed by atoms with Gasteiger partial charge in [0.2, 0.25) is 0 Å². The van der Waals surface area contributed by atoms with E-state index in [0.717, 1.165) is 43.3 Å². The molecule has 0 N–H and O–H groups in total. The predicted octanol–water partition coefficient (Wildman–Crippen LogP) is 3.98. The molecule has 0 unspecified atom stereocenters. The van der Waals surface area contributed by atoms with E-state index in [9.17, 15) is 0 Å². The van der Waals surface area contributed by atoms with Crippen LogP contribution in [0, 0.1) is 11.3 Å². The minimum atomic E-state index is 0.461. The highest BCUT2D eigenvalue weighted by atomic mass is 35.5. The van der Waals surface area contributed by atoms with E-state index in [0.29, 0.717) is 22.5 Å². The largest absolute Gasteiger partial charge is 0.371 e. The average Bonchev–Trinajstić information content (AvgIpc) is 3.52. The first-order chi connectivity index (χ1) is 12.6. The summed E-state index contributed by atoms with van der Waals surface area (Å²) < 4.78 is 0. The van der Waals surface area contributed by atoms with Crippen LogP contribution in [0.25, 0.3) is 0 Å². The van der Waals surface area contributed by atoms with Crippen LogP contribution in [0.4, 0.5) is 11.5 Å². The summed E-state index contributed by atoms with van der Waals surface area (Å²) >= 11 is 6.15. The molecule has 0 atom stereocenters. The second kappa shape index (κ2) is 7.13. The Bertz CT molecular complexity index is 834. The summed E-state index contributed by atoms with van der Waals surface area (Å²) in [6.07, 6.45) is 6.42. The van der Waals surface area contributed by atoms with Crippen LogP contribution in [0.2, 0.25) is 5.02 Å². The normalized spacial score (nSPS) is 17.8. The molecular weight excluding hydrogens is 346 g/mol. The van der Waals surface area contributed by atoms with Crippen molar-refractivity contribution in [1.82, 2.24) is 9.97 Å². The number of hydrogen-bond donors (Lipinski definition) is 0. The van der Waals surface area contributed by atoms with Crippen LogP contribution in [0.1, 0.15) is 43.0 Å². The van der Waals surface area contributed by atoms with Gasteiger partial charge in [0.25, 0.3) is 0 Å². The Morgan fingerprint density at radius 2 is 1.96 bits per heavy atom. The fourth-order valence-electron chi connectivity index (χ4n) is 3.62. The molecule has 26 heavy (non-hydrogen) atoms. The van der Waals surface area contributed by atoms with E-state index in [-0.39, 0.29) is 0 Å². The molecule has 1 saturated carbocycles. The Balaban J connectivity index is 1.42. The van der Waals surface area contributed by atoms with Gasteiger partial charge in [0.15, 0.2) is 0 Å². The van der Waals surface area contributed by atoms with Gasteiger partial charge in [-0.05, 0) is 49.9 Å². The summed E-state index contributed by atoms with van der Waals surface area (Å²) in [4.78, 5) is 13.8. The van der Waals surface area contributed by atoms with Gasteiger partial charge in [0.05, 0.1) is 11.6 Å². The lowest BCUT2D eigenvalue weighted by Crippen LogP contribution is -2.44. The van der Waals surface area contributed by atoms with Crippen LogP contribution in [0.5, 0.6) is 0 Å². The van der Waals surface area contributed by atoms with Crippen molar-refractivity contribution in [3.63, 3.8) is 0 Å². The van der Waals surface area contributed by atoms with Gasteiger partial charge in [0, 0.05) is 49.0 Å². The molecular formula is C20H22ClN5. The molecule has 2 aromatic rings. The minimum Gasteiger partial charge on any atom is -0.371 e. The van der Waals surface area contributed by atoms with E-state index in [1.165, 1.54) is 12.8 Å². The van der Waals surface area contributed by atoms with Gasteiger partial charge in [-0.3, -0.25) is 0 Å². The Labute approximate surface area is 159 Å². The number of hydrogen-bond acceptors (Lipinski definition) is 5. The first-order valence-electron chi connectivity index (χ1n) is 9.15. The molecule has 2 heterocycles. The zero-order valence-electron chi connectivity index (χ0n) is 14.9. The maximum atomic E-state index is 9.15. The first-order valence-corrected chi connectivity index (χ1v) is 9.53. The van der Waals surface area contributed by atoms with Crippen molar-refractivity contribution in [1.29, 1.82) is 5.26 Å². The lowest BCUT2D eigenvalue weighted by atomic mass is 10.0. The van der Waals surface area contributed by atoms with Gasteiger partial charge in [-0.2, -0.15) is 5.26 Å². The van der Waals surface area contributed by atoms with Crippen molar-refractivity contribution < 1.29 is 0 Å². The molecule has 4 rings (SSSR count). The number of piperidine rings is 1. The highest BCUT2D eigenvalue weighted by Crippen LogP contribution is 2.38. The summed E-state index contributed by atoms with van der Waals surface area (Å²) in [5.41, 5.74) is 1.65. The fourth-order valence-corrected chi connectivity index (χ4v) is 3.85. The number of rotatable bonds is 4.